The van der Waals surface area contributed by atoms with Crippen molar-refractivity contribution in [3.8, 4) is 0 Å². The number of carbonyl (C=O) groups excluding carboxylic acids is 2. The number of nitrogens with zero attached hydrogens (tertiary/aromatic N) is 3. The molecular weight excluding hydrogens is 362 g/mol. The lowest BCUT2D eigenvalue weighted by Crippen LogP contribution is -2.17. The van der Waals surface area contributed by atoms with Crippen LogP contribution in [0, 0.1) is 0 Å². The number of hydrogen-bond acceptors (Lipinski definition) is 9. The van der Waals surface area contributed by atoms with E-state index >= 15 is 0 Å². The van der Waals surface area contributed by atoms with Gasteiger partial charge in [-0.2, -0.15) is 9.97 Å². The van der Waals surface area contributed by atoms with Crippen LogP contribution < -0.4 is 11.5 Å². The number of ether oxygens (including phenoxy) is 2. The van der Waals surface area contributed by atoms with Gasteiger partial charge in [0.15, 0.2) is 5.65 Å². The van der Waals surface area contributed by atoms with E-state index in [1.807, 2.05) is 0 Å². The molecule has 4 N–H and O–H groups in total. The molecule has 9 nitrogen and oxygen atoms in total. The highest BCUT2D eigenvalue weighted by molar-refractivity contribution is 5.89. The highest BCUT2D eigenvalue weighted by Gasteiger charge is 2.23. The van der Waals surface area contributed by atoms with Crippen molar-refractivity contribution in [2.75, 3.05) is 25.7 Å². The fraction of sp³-hybridized carbons (Fsp3) is 0.211. The molecule has 3 aromatic rings. The Kier molecular flexibility index (Phi) is 5.35. The largest absolute Gasteiger partial charge is 0.469 e. The lowest BCUT2D eigenvalue weighted by atomic mass is 9.91. The van der Waals surface area contributed by atoms with E-state index in [4.69, 9.17) is 16.2 Å². The van der Waals surface area contributed by atoms with E-state index in [0.29, 0.717) is 28.6 Å². The van der Waals surface area contributed by atoms with Gasteiger partial charge in [0.25, 0.3) is 0 Å². The lowest BCUT2D eigenvalue weighted by molar-refractivity contribution is -0.142. The Balaban J connectivity index is 1.94. The minimum atomic E-state index is -0.591. The maximum absolute atomic E-state index is 12.4. The molecule has 0 aliphatic rings. The SMILES string of the molecule is COC(=O)c1ccc([C@@H](Cc2cnc3nc(N)nc(N)c3c2)C(=O)OC)cc1. The normalized spacial score (nSPS) is 11.8. The van der Waals surface area contributed by atoms with Crippen LogP contribution in [-0.4, -0.2) is 41.1 Å². The molecule has 0 fully saturated rings. The van der Waals surface area contributed by atoms with Gasteiger partial charge < -0.3 is 20.9 Å². The maximum Gasteiger partial charge on any atom is 0.337 e. The summed E-state index contributed by atoms with van der Waals surface area (Å²) in [4.78, 5) is 36.2. The molecule has 0 saturated carbocycles. The van der Waals surface area contributed by atoms with Crippen LogP contribution in [-0.2, 0) is 20.7 Å². The second-order valence-electron chi connectivity index (χ2n) is 6.08. The fourth-order valence-corrected chi connectivity index (χ4v) is 2.89. The topological polar surface area (TPSA) is 143 Å². The van der Waals surface area contributed by atoms with E-state index in [2.05, 4.69) is 19.7 Å². The highest BCUT2D eigenvalue weighted by Crippen LogP contribution is 2.25. The number of pyridine rings is 1. The Morgan fingerprint density at radius 1 is 1.07 bits per heavy atom. The Bertz CT molecular complexity index is 1040. The average Bonchev–Trinajstić information content (AvgIpc) is 2.71. The molecular formula is C19H19N5O4. The van der Waals surface area contributed by atoms with Gasteiger partial charge >= 0.3 is 11.9 Å². The van der Waals surface area contributed by atoms with Gasteiger partial charge in [-0.05, 0) is 35.7 Å². The van der Waals surface area contributed by atoms with Crippen molar-refractivity contribution in [3.05, 3.63) is 53.2 Å². The summed E-state index contributed by atoms with van der Waals surface area (Å²) in [6.45, 7) is 0. The Labute approximate surface area is 160 Å². The predicted octanol–water partition coefficient (Wildman–Crippen LogP) is 1.48. The first-order chi connectivity index (χ1) is 13.4. The number of aromatic nitrogens is 3. The quantitative estimate of drug-likeness (QED) is 0.628. The summed E-state index contributed by atoms with van der Waals surface area (Å²) in [5.41, 5.74) is 13.7. The minimum Gasteiger partial charge on any atom is -0.469 e. The van der Waals surface area contributed by atoms with Gasteiger partial charge in [-0.3, -0.25) is 4.79 Å². The van der Waals surface area contributed by atoms with Crippen LogP contribution in [0.25, 0.3) is 11.0 Å². The van der Waals surface area contributed by atoms with Crippen LogP contribution in [0.2, 0.25) is 0 Å². The van der Waals surface area contributed by atoms with Gasteiger partial charge in [0.2, 0.25) is 5.95 Å². The first kappa shape index (κ1) is 19.0. The van der Waals surface area contributed by atoms with Gasteiger partial charge in [-0.1, -0.05) is 12.1 Å². The van der Waals surface area contributed by atoms with Crippen LogP contribution >= 0.6 is 0 Å². The molecule has 0 spiro atoms. The van der Waals surface area contributed by atoms with E-state index in [9.17, 15) is 9.59 Å². The standard InChI is InChI=1S/C19H19N5O4/c1-27-17(25)12-5-3-11(4-6-12)13(18(26)28-2)7-10-8-14-15(20)23-19(21)24-16(14)22-9-10/h3-6,8-9,13H,7H2,1-2H3,(H4,20,21,22,23,24)/t13-/m1/s1. The smallest absolute Gasteiger partial charge is 0.337 e. The summed E-state index contributed by atoms with van der Waals surface area (Å²) >= 11 is 0. The van der Waals surface area contributed by atoms with Crippen molar-refractivity contribution in [1.29, 1.82) is 0 Å². The predicted molar refractivity (Wildman–Crippen MR) is 102 cm³/mol. The third-order valence-electron chi connectivity index (χ3n) is 4.31. The summed E-state index contributed by atoms with van der Waals surface area (Å²) < 4.78 is 9.64. The average molecular weight is 381 g/mol. The third-order valence-corrected chi connectivity index (χ3v) is 4.31. The number of nitrogen functional groups attached to an aromatic ring is 2. The molecule has 2 heterocycles. The Morgan fingerprint density at radius 2 is 1.79 bits per heavy atom. The number of hydrogen-bond donors (Lipinski definition) is 2. The summed E-state index contributed by atoms with van der Waals surface area (Å²) in [5, 5.41) is 0.552. The molecule has 28 heavy (non-hydrogen) atoms. The van der Waals surface area contributed by atoms with Crippen molar-refractivity contribution < 1.29 is 19.1 Å². The summed E-state index contributed by atoms with van der Waals surface area (Å²) in [6.07, 6.45) is 1.92. The molecule has 9 heteroatoms. The van der Waals surface area contributed by atoms with Crippen molar-refractivity contribution in [1.82, 2.24) is 15.0 Å². The molecule has 0 unspecified atom stereocenters. The van der Waals surface area contributed by atoms with Gasteiger partial charge in [-0.25, -0.2) is 9.78 Å². The number of nitrogens with two attached hydrogens (primary N) is 2. The zero-order valence-corrected chi connectivity index (χ0v) is 15.4. The maximum atomic E-state index is 12.4. The molecule has 0 amide bonds. The van der Waals surface area contributed by atoms with Gasteiger partial charge in [-0.15, -0.1) is 0 Å². The molecule has 2 aromatic heterocycles. The second kappa shape index (κ2) is 7.87. The number of carbonyl (C=O) groups is 2. The number of rotatable bonds is 5. The van der Waals surface area contributed by atoms with E-state index in [1.54, 1.807) is 36.5 Å². The summed E-state index contributed by atoms with van der Waals surface area (Å²) in [5.74, 6) is -1.19. The molecule has 3 rings (SSSR count). The molecule has 0 aliphatic carbocycles. The molecule has 144 valence electrons. The monoisotopic (exact) mass is 381 g/mol. The van der Waals surface area contributed by atoms with Crippen molar-refractivity contribution in [2.24, 2.45) is 0 Å². The molecule has 1 atom stereocenters. The number of methoxy groups -OCH3 is 2. The molecule has 0 saturated heterocycles. The van der Waals surface area contributed by atoms with Crippen LogP contribution in [0.3, 0.4) is 0 Å². The van der Waals surface area contributed by atoms with E-state index < -0.39 is 17.9 Å². The van der Waals surface area contributed by atoms with Crippen LogP contribution in [0.15, 0.2) is 36.5 Å². The minimum absolute atomic E-state index is 0.0448. The number of esters is 2. The lowest BCUT2D eigenvalue weighted by Gasteiger charge is -2.16. The third kappa shape index (κ3) is 3.83. The first-order valence-corrected chi connectivity index (χ1v) is 8.36. The first-order valence-electron chi connectivity index (χ1n) is 8.36. The second-order valence-corrected chi connectivity index (χ2v) is 6.08. The molecule has 0 aliphatic heterocycles. The molecule has 0 bridgehead atoms. The van der Waals surface area contributed by atoms with Gasteiger partial charge in [0, 0.05) is 6.20 Å². The van der Waals surface area contributed by atoms with Crippen molar-refractivity contribution >= 4 is 34.7 Å². The van der Waals surface area contributed by atoms with E-state index in [-0.39, 0.29) is 11.8 Å². The van der Waals surface area contributed by atoms with E-state index in [0.717, 1.165) is 5.56 Å². The van der Waals surface area contributed by atoms with E-state index in [1.165, 1.54) is 14.2 Å². The Hall–Kier alpha value is -3.75. The van der Waals surface area contributed by atoms with Crippen LogP contribution in [0.1, 0.15) is 27.4 Å². The van der Waals surface area contributed by atoms with Crippen LogP contribution in [0.4, 0.5) is 11.8 Å². The molecule has 0 radical (unpaired) electrons. The summed E-state index contributed by atoms with van der Waals surface area (Å²) in [7, 11) is 2.63. The zero-order chi connectivity index (χ0) is 20.3. The number of fused-ring (bicyclic) bond motifs is 1. The van der Waals surface area contributed by atoms with Crippen LogP contribution in [0.5, 0.6) is 0 Å². The van der Waals surface area contributed by atoms with Crippen molar-refractivity contribution in [3.63, 3.8) is 0 Å². The molecule has 1 aromatic carbocycles. The van der Waals surface area contributed by atoms with Crippen molar-refractivity contribution in [2.45, 2.75) is 12.3 Å². The Morgan fingerprint density at radius 3 is 2.43 bits per heavy atom. The van der Waals surface area contributed by atoms with Gasteiger partial charge in [0.05, 0.1) is 31.1 Å². The zero-order valence-electron chi connectivity index (χ0n) is 15.4. The summed E-state index contributed by atoms with van der Waals surface area (Å²) in [6, 6.07) is 8.37. The number of benzene rings is 1. The fourth-order valence-electron chi connectivity index (χ4n) is 2.89. The van der Waals surface area contributed by atoms with Gasteiger partial charge in [0.1, 0.15) is 5.82 Å². The number of anilines is 2. The highest BCUT2D eigenvalue weighted by atomic mass is 16.5.